The second-order valence-electron chi connectivity index (χ2n) is 7.38. The Labute approximate surface area is 201 Å². The van der Waals surface area contributed by atoms with Crippen molar-refractivity contribution in [1.82, 2.24) is 15.4 Å². The molecule has 2 heterocycles. The van der Waals surface area contributed by atoms with Gasteiger partial charge in [-0.25, -0.2) is 18.9 Å². The number of methoxy groups -OCH3 is 2. The summed E-state index contributed by atoms with van der Waals surface area (Å²) in [6.45, 7) is 0. The van der Waals surface area contributed by atoms with Crippen molar-refractivity contribution in [3.8, 4) is 11.5 Å². The number of rotatable bonds is 7. The van der Waals surface area contributed by atoms with Gasteiger partial charge in [-0.05, 0) is 42.5 Å². The van der Waals surface area contributed by atoms with Crippen LogP contribution in [0, 0.1) is 0 Å². The summed E-state index contributed by atoms with van der Waals surface area (Å²) < 4.78 is 37.6. The minimum atomic E-state index is -4.05. The molecule has 2 aromatic heterocycles. The number of fused-ring (bicyclic) bond motifs is 1. The molecule has 180 valence electrons. The van der Waals surface area contributed by atoms with E-state index in [1.807, 2.05) is 0 Å². The quantitative estimate of drug-likeness (QED) is 0.293. The summed E-state index contributed by atoms with van der Waals surface area (Å²) in [6, 6.07) is 14.3. The number of benzene rings is 2. The Balaban J connectivity index is 1.95. The Bertz CT molecular complexity index is 1510. The highest BCUT2D eigenvalue weighted by Gasteiger charge is 2.28. The number of nitrogens with one attached hydrogen (secondary N) is 1. The van der Waals surface area contributed by atoms with Crippen molar-refractivity contribution >= 4 is 38.0 Å². The maximum absolute atomic E-state index is 13.5. The van der Waals surface area contributed by atoms with E-state index < -0.39 is 15.7 Å². The Morgan fingerprint density at radius 2 is 1.74 bits per heavy atom. The molecule has 11 heteroatoms. The van der Waals surface area contributed by atoms with Crippen molar-refractivity contribution in [2.24, 2.45) is 0 Å². The number of carbonyl (C=O) groups is 1. The van der Waals surface area contributed by atoms with Crippen LogP contribution in [0.5, 0.6) is 11.5 Å². The van der Waals surface area contributed by atoms with E-state index in [4.69, 9.17) is 9.47 Å². The molecule has 2 aromatic carbocycles. The van der Waals surface area contributed by atoms with Gasteiger partial charge in [-0.2, -0.15) is 0 Å². The molecule has 35 heavy (non-hydrogen) atoms. The number of hydrogen-bond donors (Lipinski definition) is 2. The SMILES string of the molecule is COc1ccc(S(=O)(=O)c2ncccc2N(C)c2c(C(=O)NO)cnc3c(OC)cccc23)cc1. The van der Waals surface area contributed by atoms with Crippen molar-refractivity contribution in [3.63, 3.8) is 0 Å². The third-order valence-corrected chi connectivity index (χ3v) is 7.19. The van der Waals surface area contributed by atoms with Crippen LogP contribution in [0.3, 0.4) is 0 Å². The van der Waals surface area contributed by atoms with Gasteiger partial charge in [0.2, 0.25) is 9.84 Å². The monoisotopic (exact) mass is 494 g/mol. The van der Waals surface area contributed by atoms with Crippen LogP contribution in [0.1, 0.15) is 10.4 Å². The standard InChI is InChI=1S/C24H22N4O6S/c1-28(22-17-6-4-8-20(34-3)21(17)26-14-18(22)23(29)27-30)19-7-5-13-25-24(19)35(31,32)16-11-9-15(33-2)10-12-16/h4-14,30H,1-3H3,(H,27,29). The number of hydroxylamine groups is 1. The van der Waals surface area contributed by atoms with Gasteiger partial charge in [0.15, 0.2) is 5.03 Å². The summed E-state index contributed by atoms with van der Waals surface area (Å²) in [5.74, 6) is 0.164. The molecule has 4 rings (SSSR count). The first kappa shape index (κ1) is 23.9. The molecule has 0 saturated heterocycles. The molecule has 2 N–H and O–H groups in total. The summed E-state index contributed by atoms with van der Waals surface area (Å²) >= 11 is 0. The number of ether oxygens (including phenoxy) is 2. The minimum Gasteiger partial charge on any atom is -0.497 e. The van der Waals surface area contributed by atoms with E-state index in [-0.39, 0.29) is 21.2 Å². The van der Waals surface area contributed by atoms with Crippen molar-refractivity contribution in [2.75, 3.05) is 26.2 Å². The van der Waals surface area contributed by atoms with E-state index in [2.05, 4.69) is 9.97 Å². The molecule has 0 spiro atoms. The molecular weight excluding hydrogens is 472 g/mol. The van der Waals surface area contributed by atoms with E-state index in [1.54, 1.807) is 55.0 Å². The summed E-state index contributed by atoms with van der Waals surface area (Å²) in [4.78, 5) is 22.6. The third kappa shape index (κ3) is 4.22. The normalized spacial score (nSPS) is 11.2. The van der Waals surface area contributed by atoms with Crippen molar-refractivity contribution in [2.45, 2.75) is 9.92 Å². The number of nitrogens with zero attached hydrogens (tertiary/aromatic N) is 3. The third-order valence-electron chi connectivity index (χ3n) is 5.47. The molecule has 0 aliphatic heterocycles. The second-order valence-corrected chi connectivity index (χ2v) is 9.25. The number of hydrogen-bond acceptors (Lipinski definition) is 9. The van der Waals surface area contributed by atoms with Gasteiger partial charge >= 0.3 is 0 Å². The Morgan fingerprint density at radius 1 is 1.00 bits per heavy atom. The van der Waals surface area contributed by atoms with Crippen LogP contribution in [0.15, 0.2) is 76.9 Å². The summed E-state index contributed by atoms with van der Waals surface area (Å²) in [5.41, 5.74) is 2.61. The molecule has 0 bridgehead atoms. The molecule has 0 atom stereocenters. The maximum Gasteiger partial charge on any atom is 0.278 e. The van der Waals surface area contributed by atoms with E-state index in [9.17, 15) is 18.4 Å². The molecule has 0 fully saturated rings. The highest BCUT2D eigenvalue weighted by Crippen LogP contribution is 2.39. The number of anilines is 2. The Kier molecular flexibility index (Phi) is 6.54. The van der Waals surface area contributed by atoms with Crippen LogP contribution < -0.4 is 19.9 Å². The molecule has 0 aliphatic rings. The van der Waals surface area contributed by atoms with Crippen LogP contribution in [-0.2, 0) is 9.84 Å². The first-order valence-electron chi connectivity index (χ1n) is 10.3. The summed E-state index contributed by atoms with van der Waals surface area (Å²) in [5, 5.41) is 9.62. The topological polar surface area (TPSA) is 131 Å². The van der Waals surface area contributed by atoms with Gasteiger partial charge < -0.3 is 14.4 Å². The first-order chi connectivity index (χ1) is 16.8. The zero-order valence-electron chi connectivity index (χ0n) is 19.1. The first-order valence-corrected chi connectivity index (χ1v) is 11.8. The summed E-state index contributed by atoms with van der Waals surface area (Å²) in [6.07, 6.45) is 2.67. The lowest BCUT2D eigenvalue weighted by Crippen LogP contribution is -2.24. The van der Waals surface area contributed by atoms with Crippen LogP contribution in [0.4, 0.5) is 11.4 Å². The highest BCUT2D eigenvalue weighted by atomic mass is 32.2. The Morgan fingerprint density at radius 3 is 2.40 bits per heavy atom. The zero-order valence-corrected chi connectivity index (χ0v) is 19.9. The van der Waals surface area contributed by atoms with Crippen molar-refractivity contribution in [1.29, 1.82) is 0 Å². The predicted octanol–water partition coefficient (Wildman–Crippen LogP) is 3.37. The van der Waals surface area contributed by atoms with Crippen molar-refractivity contribution < 1.29 is 27.9 Å². The van der Waals surface area contributed by atoms with Gasteiger partial charge in [-0.1, -0.05) is 12.1 Å². The second kappa shape index (κ2) is 9.57. The number of amides is 1. The number of aromatic nitrogens is 2. The molecule has 0 saturated carbocycles. The lowest BCUT2D eigenvalue weighted by molar-refractivity contribution is 0.0707. The van der Waals surface area contributed by atoms with Crippen molar-refractivity contribution in [3.05, 3.63) is 72.6 Å². The van der Waals surface area contributed by atoms with Gasteiger partial charge in [0.05, 0.1) is 36.1 Å². The fraction of sp³-hybridized carbons (Fsp3) is 0.125. The van der Waals surface area contributed by atoms with Gasteiger partial charge in [-0.15, -0.1) is 0 Å². The van der Waals surface area contributed by atoms with E-state index in [1.165, 1.54) is 43.6 Å². The average Bonchev–Trinajstić information content (AvgIpc) is 2.91. The smallest absolute Gasteiger partial charge is 0.278 e. The van der Waals surface area contributed by atoms with Gasteiger partial charge in [0.25, 0.3) is 5.91 Å². The van der Waals surface area contributed by atoms with E-state index in [0.29, 0.717) is 28.1 Å². The summed E-state index contributed by atoms with van der Waals surface area (Å²) in [7, 11) is 0.537. The van der Waals surface area contributed by atoms with Gasteiger partial charge in [-0.3, -0.25) is 15.0 Å². The van der Waals surface area contributed by atoms with Crippen LogP contribution >= 0.6 is 0 Å². The maximum atomic E-state index is 13.5. The minimum absolute atomic E-state index is 0.0207. The largest absolute Gasteiger partial charge is 0.497 e. The predicted molar refractivity (Wildman–Crippen MR) is 128 cm³/mol. The fourth-order valence-electron chi connectivity index (χ4n) is 3.77. The lowest BCUT2D eigenvalue weighted by atomic mass is 10.1. The number of carbonyl (C=O) groups excluding carboxylic acids is 1. The molecule has 0 aliphatic carbocycles. The zero-order chi connectivity index (χ0) is 25.2. The van der Waals surface area contributed by atoms with E-state index in [0.717, 1.165) is 0 Å². The van der Waals surface area contributed by atoms with Gasteiger partial charge in [0, 0.05) is 24.8 Å². The molecule has 4 aromatic rings. The molecule has 0 radical (unpaired) electrons. The van der Waals surface area contributed by atoms with E-state index >= 15 is 0 Å². The number of pyridine rings is 2. The Hall–Kier alpha value is -4.22. The number of sulfone groups is 1. The fourth-order valence-corrected chi connectivity index (χ4v) is 5.16. The lowest BCUT2D eigenvalue weighted by Gasteiger charge is -2.25. The highest BCUT2D eigenvalue weighted by molar-refractivity contribution is 7.91. The molecule has 0 unspecified atom stereocenters. The number of para-hydroxylation sites is 1. The molecular formula is C24H22N4O6S. The molecule has 1 amide bonds. The average molecular weight is 495 g/mol. The molecule has 10 nitrogen and oxygen atoms in total. The van der Waals surface area contributed by atoms with Crippen LogP contribution in [0.25, 0.3) is 10.9 Å². The van der Waals surface area contributed by atoms with Crippen LogP contribution in [-0.4, -0.2) is 50.8 Å². The van der Waals surface area contributed by atoms with Gasteiger partial charge in [0.1, 0.15) is 17.0 Å². The van der Waals surface area contributed by atoms with Crippen LogP contribution in [0.2, 0.25) is 0 Å².